The van der Waals surface area contributed by atoms with E-state index in [1.54, 1.807) is 37.8 Å². The van der Waals surface area contributed by atoms with E-state index in [4.69, 9.17) is 0 Å². The summed E-state index contributed by atoms with van der Waals surface area (Å²) in [4.78, 5) is 20.6. The number of carbonyl (C=O) groups is 1. The van der Waals surface area contributed by atoms with Gasteiger partial charge in [0.1, 0.15) is 0 Å². The smallest absolute Gasteiger partial charge is 0.244 e. The maximum absolute atomic E-state index is 12.4. The number of hydrogen-bond donors (Lipinski definition) is 3. The molecule has 2 heterocycles. The van der Waals surface area contributed by atoms with Gasteiger partial charge in [-0.1, -0.05) is 30.6 Å². The molecular formula is C28H25N3O3. The summed E-state index contributed by atoms with van der Waals surface area (Å²) in [6.45, 7) is 1.08. The molecule has 3 rings (SSSR count). The van der Waals surface area contributed by atoms with Crippen molar-refractivity contribution in [2.24, 2.45) is 0 Å². The van der Waals surface area contributed by atoms with Gasteiger partial charge in [-0.25, -0.2) is 0 Å². The van der Waals surface area contributed by atoms with Crippen molar-refractivity contribution in [2.75, 3.05) is 13.2 Å². The van der Waals surface area contributed by atoms with Crippen LogP contribution in [-0.2, 0) is 4.79 Å². The molecule has 1 aromatic carbocycles. The van der Waals surface area contributed by atoms with Crippen molar-refractivity contribution in [3.63, 3.8) is 0 Å². The third-order valence-corrected chi connectivity index (χ3v) is 5.08. The van der Waals surface area contributed by atoms with Crippen LogP contribution in [0.3, 0.4) is 0 Å². The highest BCUT2D eigenvalue weighted by atomic mass is 16.3. The summed E-state index contributed by atoms with van der Waals surface area (Å²) >= 11 is 0. The Hall–Kier alpha value is -4.23. The zero-order chi connectivity index (χ0) is 24.2. The van der Waals surface area contributed by atoms with E-state index in [9.17, 15) is 15.0 Å². The van der Waals surface area contributed by atoms with Gasteiger partial charge in [0.15, 0.2) is 0 Å². The Balaban J connectivity index is 1.91. The summed E-state index contributed by atoms with van der Waals surface area (Å²) in [7, 11) is 0. The summed E-state index contributed by atoms with van der Waals surface area (Å²) in [5.41, 5.74) is 2.72. The van der Waals surface area contributed by atoms with Crippen molar-refractivity contribution < 1.29 is 15.0 Å². The lowest BCUT2D eigenvalue weighted by atomic mass is 9.98. The number of nitrogens with one attached hydrogen (secondary N) is 1. The lowest BCUT2D eigenvalue weighted by Gasteiger charge is -2.29. The van der Waals surface area contributed by atoms with Crippen molar-refractivity contribution >= 4 is 12.0 Å². The molecule has 0 saturated heterocycles. The van der Waals surface area contributed by atoms with Gasteiger partial charge in [0.2, 0.25) is 5.91 Å². The van der Waals surface area contributed by atoms with Crippen LogP contribution in [0.5, 0.6) is 0 Å². The molecule has 0 aliphatic rings. The fraction of sp³-hybridized carbons (Fsp3) is 0.179. The van der Waals surface area contributed by atoms with Crippen LogP contribution < -0.4 is 5.32 Å². The molecule has 0 saturated carbocycles. The second-order valence-electron chi connectivity index (χ2n) is 7.60. The minimum absolute atomic E-state index is 0.354. The maximum Gasteiger partial charge on any atom is 0.244 e. The molecule has 34 heavy (non-hydrogen) atoms. The number of aliphatic hydroxyl groups excluding tert-OH is 2. The molecule has 0 aliphatic carbocycles. The molecule has 2 aromatic heterocycles. The average Bonchev–Trinajstić information content (AvgIpc) is 2.89. The molecule has 3 aromatic rings. The average molecular weight is 452 g/mol. The topological polar surface area (TPSA) is 95.3 Å². The minimum Gasteiger partial charge on any atom is -0.394 e. The number of hydrogen-bond acceptors (Lipinski definition) is 5. The molecule has 6 heteroatoms. The predicted octanol–water partition coefficient (Wildman–Crippen LogP) is 2.54. The van der Waals surface area contributed by atoms with Crippen molar-refractivity contribution in [3.05, 3.63) is 101 Å². The Morgan fingerprint density at radius 3 is 1.88 bits per heavy atom. The van der Waals surface area contributed by atoms with Gasteiger partial charge in [0.05, 0.1) is 18.8 Å². The second-order valence-corrected chi connectivity index (χ2v) is 7.60. The number of pyridine rings is 2. The second kappa shape index (κ2) is 12.1. The SMILES string of the molecule is CCC(CO)(CO)NC(=O)/C=C/c1cc(C#Cc2cccnc2)cc(C#Cc2cccnc2)c1. The van der Waals surface area contributed by atoms with E-state index in [0.717, 1.165) is 27.8 Å². The minimum atomic E-state index is -1.06. The Kier molecular flexibility index (Phi) is 8.71. The molecule has 170 valence electrons. The van der Waals surface area contributed by atoms with Crippen molar-refractivity contribution in [3.8, 4) is 23.7 Å². The van der Waals surface area contributed by atoms with Gasteiger partial charge in [0, 0.05) is 53.1 Å². The summed E-state index contributed by atoms with van der Waals surface area (Å²) in [6.07, 6.45) is 10.2. The summed E-state index contributed by atoms with van der Waals surface area (Å²) in [5.74, 6) is 12.0. The highest BCUT2D eigenvalue weighted by Gasteiger charge is 2.27. The van der Waals surface area contributed by atoms with Crippen LogP contribution in [-0.4, -0.2) is 44.8 Å². The fourth-order valence-corrected chi connectivity index (χ4v) is 2.97. The third-order valence-electron chi connectivity index (χ3n) is 5.08. The van der Waals surface area contributed by atoms with E-state index < -0.39 is 11.4 Å². The highest BCUT2D eigenvalue weighted by molar-refractivity contribution is 5.92. The monoisotopic (exact) mass is 451 g/mol. The molecule has 0 atom stereocenters. The molecule has 3 N–H and O–H groups in total. The number of aromatic nitrogens is 2. The van der Waals surface area contributed by atoms with Crippen LogP contribution in [0.25, 0.3) is 6.08 Å². The van der Waals surface area contributed by atoms with Gasteiger partial charge in [0.25, 0.3) is 0 Å². The van der Waals surface area contributed by atoms with Crippen LogP contribution in [0.4, 0.5) is 0 Å². The van der Waals surface area contributed by atoms with Crippen LogP contribution in [0, 0.1) is 23.7 Å². The van der Waals surface area contributed by atoms with Gasteiger partial charge < -0.3 is 15.5 Å². The normalized spacial score (nSPS) is 10.7. The first-order valence-corrected chi connectivity index (χ1v) is 10.8. The molecule has 0 spiro atoms. The highest BCUT2D eigenvalue weighted by Crippen LogP contribution is 2.13. The zero-order valence-corrected chi connectivity index (χ0v) is 18.8. The van der Waals surface area contributed by atoms with Crippen LogP contribution in [0.1, 0.15) is 41.2 Å². The quantitative estimate of drug-likeness (QED) is 0.396. The Bertz CT molecular complexity index is 1180. The molecular weight excluding hydrogens is 426 g/mol. The first-order chi connectivity index (χ1) is 16.6. The Morgan fingerprint density at radius 2 is 1.44 bits per heavy atom. The van der Waals surface area contributed by atoms with Gasteiger partial charge in [-0.3, -0.25) is 14.8 Å². The number of nitrogens with zero attached hydrogens (tertiary/aromatic N) is 2. The number of aliphatic hydroxyl groups is 2. The molecule has 0 bridgehead atoms. The molecule has 0 aliphatic heterocycles. The lowest BCUT2D eigenvalue weighted by Crippen LogP contribution is -2.53. The molecule has 0 fully saturated rings. The van der Waals surface area contributed by atoms with Gasteiger partial charge in [-0.2, -0.15) is 0 Å². The van der Waals surface area contributed by atoms with E-state index >= 15 is 0 Å². The molecule has 0 radical (unpaired) electrons. The van der Waals surface area contributed by atoms with Crippen LogP contribution in [0.15, 0.2) is 73.3 Å². The van der Waals surface area contributed by atoms with E-state index in [0.29, 0.717) is 6.42 Å². The molecule has 0 unspecified atom stereocenters. The number of amides is 1. The number of carbonyl (C=O) groups excluding carboxylic acids is 1. The number of rotatable bonds is 6. The van der Waals surface area contributed by atoms with E-state index in [1.807, 2.05) is 42.5 Å². The Morgan fingerprint density at radius 1 is 0.912 bits per heavy atom. The van der Waals surface area contributed by atoms with Crippen molar-refractivity contribution in [2.45, 2.75) is 18.9 Å². The Labute approximate surface area is 199 Å². The van der Waals surface area contributed by atoms with Crippen LogP contribution >= 0.6 is 0 Å². The van der Waals surface area contributed by atoms with Gasteiger partial charge in [-0.05, 0) is 60.5 Å². The lowest BCUT2D eigenvalue weighted by molar-refractivity contribution is -0.119. The van der Waals surface area contributed by atoms with Gasteiger partial charge >= 0.3 is 0 Å². The standard InChI is InChI=1S/C28H25N3O3/c1-2-28(20-32,21-33)31-27(34)12-11-26-16-24(9-7-22-5-3-13-29-18-22)15-25(17-26)10-8-23-6-4-14-30-19-23/h3-6,11-19,32-33H,2,20-21H2,1H3,(H,31,34)/b12-11+. The summed E-state index contributed by atoms with van der Waals surface area (Å²) in [6, 6.07) is 13.0. The van der Waals surface area contributed by atoms with E-state index in [2.05, 4.69) is 39.0 Å². The first-order valence-electron chi connectivity index (χ1n) is 10.8. The summed E-state index contributed by atoms with van der Waals surface area (Å²) < 4.78 is 0. The van der Waals surface area contributed by atoms with Crippen LogP contribution in [0.2, 0.25) is 0 Å². The zero-order valence-electron chi connectivity index (χ0n) is 18.8. The molecule has 1 amide bonds. The molecule has 6 nitrogen and oxygen atoms in total. The first kappa shape index (κ1) is 24.4. The van der Waals surface area contributed by atoms with Gasteiger partial charge in [-0.15, -0.1) is 0 Å². The maximum atomic E-state index is 12.4. The van der Waals surface area contributed by atoms with E-state index in [-0.39, 0.29) is 13.2 Å². The third kappa shape index (κ3) is 7.15. The number of benzene rings is 1. The van der Waals surface area contributed by atoms with Crippen molar-refractivity contribution in [1.29, 1.82) is 0 Å². The predicted molar refractivity (Wildman–Crippen MR) is 131 cm³/mol. The van der Waals surface area contributed by atoms with E-state index in [1.165, 1.54) is 6.08 Å². The fourth-order valence-electron chi connectivity index (χ4n) is 2.97. The van der Waals surface area contributed by atoms with Crippen molar-refractivity contribution in [1.82, 2.24) is 15.3 Å². The largest absolute Gasteiger partial charge is 0.394 e. The summed E-state index contributed by atoms with van der Waals surface area (Å²) in [5, 5.41) is 21.8.